The van der Waals surface area contributed by atoms with E-state index in [1.54, 1.807) is 18.2 Å². The molecule has 3 aromatic rings. The summed E-state index contributed by atoms with van der Waals surface area (Å²) in [7, 11) is 1.37. The van der Waals surface area contributed by atoms with Crippen molar-refractivity contribution in [3.8, 4) is 5.75 Å². The first-order chi connectivity index (χ1) is 18.4. The number of thioether (sulfide) groups is 1. The van der Waals surface area contributed by atoms with Gasteiger partial charge in [0.1, 0.15) is 10.8 Å². The van der Waals surface area contributed by atoms with Crippen LogP contribution in [-0.2, 0) is 28.9 Å². The van der Waals surface area contributed by atoms with Gasteiger partial charge in [-0.15, -0.1) is 28.1 Å². The van der Waals surface area contributed by atoms with Gasteiger partial charge in [0.15, 0.2) is 17.1 Å². The lowest BCUT2D eigenvalue weighted by molar-refractivity contribution is -0.113. The summed E-state index contributed by atoms with van der Waals surface area (Å²) in [6.45, 7) is 6.17. The number of amides is 1. The Kier molecular flexibility index (Phi) is 9.87. The topological polar surface area (TPSA) is 95.3 Å². The molecule has 1 amide bonds. The number of nitrogens with one attached hydrogen (secondary N) is 1. The van der Waals surface area contributed by atoms with Crippen LogP contribution in [0.5, 0.6) is 5.75 Å². The van der Waals surface area contributed by atoms with Gasteiger partial charge >= 0.3 is 5.97 Å². The van der Waals surface area contributed by atoms with E-state index in [1.807, 2.05) is 23.6 Å². The third-order valence-electron chi connectivity index (χ3n) is 6.18. The fourth-order valence-corrected chi connectivity index (χ4v) is 6.65. The summed E-state index contributed by atoms with van der Waals surface area (Å²) in [6.07, 6.45) is 7.51. The third kappa shape index (κ3) is 6.78. The van der Waals surface area contributed by atoms with Gasteiger partial charge in [0.25, 0.3) is 0 Å². The van der Waals surface area contributed by atoms with Crippen LogP contribution in [0.4, 0.5) is 5.00 Å². The van der Waals surface area contributed by atoms with Gasteiger partial charge in [-0.1, -0.05) is 48.3 Å². The molecule has 0 fully saturated rings. The number of anilines is 1. The summed E-state index contributed by atoms with van der Waals surface area (Å²) in [4.78, 5) is 26.8. The van der Waals surface area contributed by atoms with E-state index in [2.05, 4.69) is 22.1 Å². The number of thiophene rings is 1. The lowest BCUT2D eigenvalue weighted by Crippen LogP contribution is -2.17. The molecule has 8 nitrogen and oxygen atoms in total. The molecular formula is C27H31ClN4O4S2. The highest BCUT2D eigenvalue weighted by Crippen LogP contribution is 2.38. The van der Waals surface area contributed by atoms with Crippen molar-refractivity contribution in [1.82, 2.24) is 14.8 Å². The number of carbonyl (C=O) groups excluding carboxylic acids is 2. The zero-order valence-corrected chi connectivity index (χ0v) is 23.9. The smallest absolute Gasteiger partial charge is 0.341 e. The van der Waals surface area contributed by atoms with Crippen LogP contribution < -0.4 is 10.1 Å². The van der Waals surface area contributed by atoms with Crippen LogP contribution in [-0.4, -0.2) is 39.5 Å². The monoisotopic (exact) mass is 574 g/mol. The molecule has 1 aromatic carbocycles. The van der Waals surface area contributed by atoms with E-state index in [0.717, 1.165) is 42.5 Å². The van der Waals surface area contributed by atoms with E-state index in [1.165, 1.54) is 36.6 Å². The summed E-state index contributed by atoms with van der Waals surface area (Å²) in [5.41, 5.74) is 1.52. The number of nitrogens with zero attached hydrogens (tertiary/aromatic N) is 3. The maximum atomic E-state index is 13.0. The zero-order valence-electron chi connectivity index (χ0n) is 21.5. The number of rotatable bonds is 10. The first kappa shape index (κ1) is 28.2. The predicted octanol–water partition coefficient (Wildman–Crippen LogP) is 6.50. The van der Waals surface area contributed by atoms with Crippen molar-refractivity contribution in [2.75, 3.05) is 18.2 Å². The Labute approximate surface area is 235 Å². The van der Waals surface area contributed by atoms with Gasteiger partial charge in [-0.05, 0) is 56.4 Å². The molecule has 0 radical (unpaired) electrons. The van der Waals surface area contributed by atoms with Gasteiger partial charge in [-0.25, -0.2) is 4.79 Å². The van der Waals surface area contributed by atoms with E-state index >= 15 is 0 Å². The minimum Gasteiger partial charge on any atom is -0.483 e. The third-order valence-corrected chi connectivity index (χ3v) is 8.58. The number of hydrogen-bond acceptors (Lipinski definition) is 8. The van der Waals surface area contributed by atoms with Gasteiger partial charge in [0.2, 0.25) is 5.91 Å². The quantitative estimate of drug-likeness (QED) is 0.168. The SMILES string of the molecule is C=CCn1c(SCC(=O)Nc2sc3c(c2C(=O)OC)CCCCCC3)nnc1C(C)Oc1cccc(Cl)c1. The van der Waals surface area contributed by atoms with Gasteiger partial charge in [-0.2, -0.15) is 0 Å². The highest BCUT2D eigenvalue weighted by Gasteiger charge is 2.26. The molecule has 2 aromatic heterocycles. The van der Waals surface area contributed by atoms with Gasteiger partial charge in [0.05, 0.1) is 18.4 Å². The summed E-state index contributed by atoms with van der Waals surface area (Å²) in [5, 5.41) is 13.3. The van der Waals surface area contributed by atoms with Crippen molar-refractivity contribution in [2.24, 2.45) is 0 Å². The molecule has 1 unspecified atom stereocenters. The number of ether oxygens (including phenoxy) is 2. The minimum absolute atomic E-state index is 0.0992. The van der Waals surface area contributed by atoms with Crippen molar-refractivity contribution < 1.29 is 19.1 Å². The normalized spacial score (nSPS) is 14.1. The number of benzene rings is 1. The van der Waals surface area contributed by atoms with E-state index in [0.29, 0.717) is 38.9 Å². The average molecular weight is 575 g/mol. The molecule has 1 aliphatic rings. The van der Waals surface area contributed by atoms with E-state index in [4.69, 9.17) is 21.1 Å². The second kappa shape index (κ2) is 13.3. The maximum Gasteiger partial charge on any atom is 0.341 e. The van der Waals surface area contributed by atoms with Crippen LogP contribution >= 0.6 is 34.7 Å². The Morgan fingerprint density at radius 3 is 2.79 bits per heavy atom. The number of allylic oxidation sites excluding steroid dienone is 1. The second-order valence-electron chi connectivity index (χ2n) is 8.91. The summed E-state index contributed by atoms with van der Waals surface area (Å²) < 4.78 is 13.0. The van der Waals surface area contributed by atoms with Crippen molar-refractivity contribution in [3.05, 3.63) is 63.8 Å². The number of halogens is 1. The number of methoxy groups -OCH3 is 1. The molecule has 0 bridgehead atoms. The molecule has 2 heterocycles. The molecule has 4 rings (SSSR count). The molecule has 1 N–H and O–H groups in total. The van der Waals surface area contributed by atoms with E-state index in [-0.39, 0.29) is 11.7 Å². The molecule has 11 heteroatoms. The number of fused-ring (bicyclic) bond motifs is 1. The average Bonchev–Trinajstić information content (AvgIpc) is 3.43. The van der Waals surface area contributed by atoms with Gasteiger partial charge in [0, 0.05) is 16.4 Å². The fourth-order valence-electron chi connectivity index (χ4n) is 4.42. The van der Waals surface area contributed by atoms with Crippen LogP contribution in [0.15, 0.2) is 42.1 Å². The molecule has 202 valence electrons. The first-order valence-electron chi connectivity index (χ1n) is 12.5. The van der Waals surface area contributed by atoms with E-state index in [9.17, 15) is 9.59 Å². The summed E-state index contributed by atoms with van der Waals surface area (Å²) in [5.74, 6) is 0.696. The lowest BCUT2D eigenvalue weighted by Gasteiger charge is -2.16. The summed E-state index contributed by atoms with van der Waals surface area (Å²) >= 11 is 8.82. The molecule has 0 spiro atoms. The highest BCUT2D eigenvalue weighted by molar-refractivity contribution is 7.99. The fraction of sp³-hybridized carbons (Fsp3) is 0.407. The predicted molar refractivity (Wildman–Crippen MR) is 152 cm³/mol. The van der Waals surface area contributed by atoms with Crippen LogP contribution in [0.3, 0.4) is 0 Å². The molecule has 38 heavy (non-hydrogen) atoms. The Morgan fingerprint density at radius 1 is 1.26 bits per heavy atom. The van der Waals surface area contributed by atoms with Crippen molar-refractivity contribution in [2.45, 2.75) is 63.3 Å². The minimum atomic E-state index is -0.407. The summed E-state index contributed by atoms with van der Waals surface area (Å²) in [6, 6.07) is 7.16. The van der Waals surface area contributed by atoms with Crippen molar-refractivity contribution in [1.29, 1.82) is 0 Å². The molecular weight excluding hydrogens is 544 g/mol. The van der Waals surface area contributed by atoms with Crippen LogP contribution in [0, 0.1) is 0 Å². The Hall–Kier alpha value is -2.82. The second-order valence-corrected chi connectivity index (χ2v) is 11.4. The molecule has 1 atom stereocenters. The Bertz CT molecular complexity index is 1310. The van der Waals surface area contributed by atoms with Crippen LogP contribution in [0.1, 0.15) is 65.3 Å². The molecule has 0 saturated heterocycles. The van der Waals surface area contributed by atoms with Crippen molar-refractivity contribution in [3.63, 3.8) is 0 Å². The Balaban J connectivity index is 1.47. The zero-order chi connectivity index (χ0) is 27.1. The lowest BCUT2D eigenvalue weighted by atomic mass is 9.96. The highest BCUT2D eigenvalue weighted by atomic mass is 35.5. The number of carbonyl (C=O) groups is 2. The van der Waals surface area contributed by atoms with Crippen molar-refractivity contribution >= 4 is 51.6 Å². The first-order valence-corrected chi connectivity index (χ1v) is 14.7. The molecule has 1 aliphatic carbocycles. The molecule has 0 saturated carbocycles. The van der Waals surface area contributed by atoms with Gasteiger partial charge in [-0.3, -0.25) is 9.36 Å². The Morgan fingerprint density at radius 2 is 2.05 bits per heavy atom. The maximum absolute atomic E-state index is 13.0. The largest absolute Gasteiger partial charge is 0.483 e. The van der Waals surface area contributed by atoms with Crippen LogP contribution in [0.25, 0.3) is 0 Å². The number of aromatic nitrogens is 3. The number of aryl methyl sites for hydroxylation is 1. The van der Waals surface area contributed by atoms with Crippen LogP contribution in [0.2, 0.25) is 5.02 Å². The molecule has 0 aliphatic heterocycles. The van der Waals surface area contributed by atoms with E-state index < -0.39 is 12.1 Å². The number of hydrogen-bond donors (Lipinski definition) is 1. The standard InChI is InChI=1S/C27H31ClN4O4S2/c1-4-14-32-24(17(2)36-19-11-9-10-18(28)15-19)30-31-27(32)37-16-22(33)29-25-23(26(34)35-3)20-12-7-5-6-8-13-21(20)38-25/h4,9-11,15,17H,1,5-8,12-14,16H2,2-3H3,(H,29,33). The number of esters is 1. The van der Waals surface area contributed by atoms with Gasteiger partial charge < -0.3 is 14.8 Å².